The summed E-state index contributed by atoms with van der Waals surface area (Å²) in [6.07, 6.45) is 11.2. The zero-order valence-electron chi connectivity index (χ0n) is 16.9. The minimum absolute atomic E-state index is 0.000241. The lowest BCUT2D eigenvalue weighted by Gasteiger charge is -2.35. The van der Waals surface area contributed by atoms with E-state index in [1.165, 1.54) is 6.26 Å². The van der Waals surface area contributed by atoms with Gasteiger partial charge in [0.1, 0.15) is 12.4 Å². The molecular weight excluding hydrogens is 394 g/mol. The molecule has 2 fully saturated rings. The van der Waals surface area contributed by atoms with Crippen molar-refractivity contribution in [1.29, 1.82) is 0 Å². The maximum atomic E-state index is 11.6. The largest absolute Gasteiger partial charge is 0.484 e. The molecule has 1 saturated carbocycles. The summed E-state index contributed by atoms with van der Waals surface area (Å²) in [5, 5.41) is 3.39. The smallest absolute Gasteiger partial charge is 0.209 e. The first kappa shape index (κ1) is 22.1. The molecule has 1 aromatic rings. The van der Waals surface area contributed by atoms with E-state index in [2.05, 4.69) is 15.0 Å². The first-order chi connectivity index (χ1) is 14.0. The topological polar surface area (TPSA) is 107 Å². The molecule has 2 aliphatic rings. The number of sulfonamides is 1. The number of carbonyl (C=O) groups is 1. The third-order valence-corrected chi connectivity index (χ3v) is 6.43. The van der Waals surface area contributed by atoms with E-state index in [0.717, 1.165) is 56.9 Å². The summed E-state index contributed by atoms with van der Waals surface area (Å²) >= 11 is 0. The number of nitrogens with zero attached hydrogens (tertiary/aromatic N) is 1. The molecule has 29 heavy (non-hydrogen) atoms. The van der Waals surface area contributed by atoms with Gasteiger partial charge in [0, 0.05) is 23.8 Å². The van der Waals surface area contributed by atoms with E-state index in [1.807, 2.05) is 6.07 Å². The van der Waals surface area contributed by atoms with Crippen molar-refractivity contribution in [2.24, 2.45) is 0 Å². The van der Waals surface area contributed by atoms with Crippen LogP contribution in [0.5, 0.6) is 5.75 Å². The average Bonchev–Trinajstić information content (AvgIpc) is 2.71. The fourth-order valence-electron chi connectivity index (χ4n) is 4.30. The molecule has 0 aromatic carbocycles. The second kappa shape index (κ2) is 10.5. The molecule has 0 bridgehead atoms. The van der Waals surface area contributed by atoms with Gasteiger partial charge in [-0.05, 0) is 57.1 Å². The van der Waals surface area contributed by atoms with Gasteiger partial charge in [0.25, 0.3) is 0 Å². The highest BCUT2D eigenvalue weighted by Crippen LogP contribution is 2.38. The summed E-state index contributed by atoms with van der Waals surface area (Å²) in [7, 11) is -3.23. The number of aldehydes is 1. The predicted molar refractivity (Wildman–Crippen MR) is 110 cm³/mol. The van der Waals surface area contributed by atoms with Crippen LogP contribution in [0, 0.1) is 0 Å². The summed E-state index contributed by atoms with van der Waals surface area (Å²) in [6, 6.07) is 1.85. The Hall–Kier alpha value is -1.55. The number of piperidine rings is 1. The van der Waals surface area contributed by atoms with E-state index >= 15 is 0 Å². The lowest BCUT2D eigenvalue weighted by Crippen LogP contribution is -2.55. The van der Waals surface area contributed by atoms with Crippen LogP contribution in [0.3, 0.4) is 0 Å². The molecule has 0 radical (unpaired) electrons. The molecule has 8 nitrogen and oxygen atoms in total. The third kappa shape index (κ3) is 6.74. The molecule has 0 spiro atoms. The van der Waals surface area contributed by atoms with Crippen LogP contribution >= 0.6 is 0 Å². The molecule has 0 amide bonds. The summed E-state index contributed by atoms with van der Waals surface area (Å²) in [4.78, 5) is 14.7. The lowest BCUT2D eigenvalue weighted by atomic mass is 9.82. The van der Waals surface area contributed by atoms with Gasteiger partial charge >= 0.3 is 0 Å². The van der Waals surface area contributed by atoms with E-state index in [0.29, 0.717) is 18.3 Å². The monoisotopic (exact) mass is 425 g/mol. The predicted octanol–water partition coefficient (Wildman–Crippen LogP) is 1.37. The van der Waals surface area contributed by atoms with Crippen LogP contribution < -0.4 is 14.8 Å². The van der Waals surface area contributed by atoms with Crippen molar-refractivity contribution in [3.8, 4) is 5.75 Å². The summed E-state index contributed by atoms with van der Waals surface area (Å²) in [5.41, 5.74) is 1.10. The van der Waals surface area contributed by atoms with E-state index < -0.39 is 10.0 Å². The van der Waals surface area contributed by atoms with Gasteiger partial charge in [0.2, 0.25) is 10.0 Å². The van der Waals surface area contributed by atoms with Crippen molar-refractivity contribution in [2.45, 2.75) is 62.6 Å². The zero-order valence-corrected chi connectivity index (χ0v) is 17.7. The van der Waals surface area contributed by atoms with Crippen molar-refractivity contribution >= 4 is 16.3 Å². The molecule has 2 N–H and O–H groups in total. The SMILES string of the molecule is CS(=O)(=O)N[C@H]1CCCN[C@H]1COC1CCC(c2ccncc2OCC=O)CC1. The first-order valence-corrected chi connectivity index (χ1v) is 12.2. The van der Waals surface area contributed by atoms with Crippen LogP contribution in [-0.2, 0) is 19.6 Å². The summed E-state index contributed by atoms with van der Waals surface area (Å²) in [6.45, 7) is 1.42. The number of rotatable bonds is 9. The van der Waals surface area contributed by atoms with Crippen LogP contribution in [0.2, 0.25) is 0 Å². The second-order valence-corrected chi connectivity index (χ2v) is 9.68. The molecule has 1 saturated heterocycles. The standard InChI is InChI=1S/C20H31N3O5S/c1-29(25,26)23-18-3-2-9-22-19(18)14-28-16-6-4-15(5-7-16)17-8-10-21-13-20(17)27-12-11-24/h8,10-11,13,15-16,18-19,22-23H,2-7,9,12,14H2,1H3/t15?,16?,18-,19-/m0/s1. The van der Waals surface area contributed by atoms with Crippen LogP contribution in [0.15, 0.2) is 18.5 Å². The molecule has 3 rings (SSSR count). The molecule has 162 valence electrons. The Kier molecular flexibility index (Phi) is 7.99. The zero-order chi connectivity index (χ0) is 20.7. The number of nitrogens with one attached hydrogen (secondary N) is 2. The molecule has 1 aliphatic heterocycles. The Morgan fingerprint density at radius 3 is 2.79 bits per heavy atom. The van der Waals surface area contributed by atoms with E-state index in [-0.39, 0.29) is 24.8 Å². The van der Waals surface area contributed by atoms with E-state index in [1.54, 1.807) is 12.4 Å². The maximum Gasteiger partial charge on any atom is 0.209 e. The minimum atomic E-state index is -3.23. The van der Waals surface area contributed by atoms with E-state index in [9.17, 15) is 13.2 Å². The van der Waals surface area contributed by atoms with Gasteiger partial charge in [0.05, 0.1) is 25.2 Å². The Balaban J connectivity index is 1.49. The van der Waals surface area contributed by atoms with Gasteiger partial charge in [-0.25, -0.2) is 13.1 Å². The number of carbonyl (C=O) groups excluding carboxylic acids is 1. The van der Waals surface area contributed by atoms with Gasteiger partial charge in [-0.2, -0.15) is 0 Å². The summed E-state index contributed by atoms with van der Waals surface area (Å²) in [5.74, 6) is 1.05. The number of ether oxygens (including phenoxy) is 2. The first-order valence-electron chi connectivity index (χ1n) is 10.3. The average molecular weight is 426 g/mol. The van der Waals surface area contributed by atoms with Gasteiger partial charge in [-0.15, -0.1) is 0 Å². The number of hydrogen-bond acceptors (Lipinski definition) is 7. The molecule has 0 unspecified atom stereocenters. The van der Waals surface area contributed by atoms with Crippen molar-refractivity contribution < 1.29 is 22.7 Å². The van der Waals surface area contributed by atoms with Crippen molar-refractivity contribution in [2.75, 3.05) is 26.0 Å². The van der Waals surface area contributed by atoms with Gasteiger partial charge < -0.3 is 14.8 Å². The maximum absolute atomic E-state index is 11.6. The van der Waals surface area contributed by atoms with Crippen LogP contribution in [0.25, 0.3) is 0 Å². The molecule has 1 aliphatic carbocycles. The Morgan fingerprint density at radius 1 is 1.28 bits per heavy atom. The molecular formula is C20H31N3O5S. The second-order valence-electron chi connectivity index (χ2n) is 7.90. The normalized spacial score (nSPS) is 28.0. The van der Waals surface area contributed by atoms with Crippen molar-refractivity contribution in [3.63, 3.8) is 0 Å². The third-order valence-electron chi connectivity index (χ3n) is 5.70. The quantitative estimate of drug-likeness (QED) is 0.576. The van der Waals surface area contributed by atoms with Crippen molar-refractivity contribution in [1.82, 2.24) is 15.0 Å². The minimum Gasteiger partial charge on any atom is -0.484 e. The van der Waals surface area contributed by atoms with Crippen LogP contribution in [0.4, 0.5) is 0 Å². The van der Waals surface area contributed by atoms with E-state index in [4.69, 9.17) is 9.47 Å². The fourth-order valence-corrected chi connectivity index (χ4v) is 5.13. The van der Waals surface area contributed by atoms with Gasteiger partial charge in [-0.3, -0.25) is 9.78 Å². The highest BCUT2D eigenvalue weighted by Gasteiger charge is 2.30. The molecule has 9 heteroatoms. The Bertz CT molecular complexity index is 765. The molecule has 2 heterocycles. The highest BCUT2D eigenvalue weighted by molar-refractivity contribution is 7.88. The van der Waals surface area contributed by atoms with Gasteiger partial charge in [0.15, 0.2) is 6.29 Å². The number of hydrogen-bond donors (Lipinski definition) is 2. The fraction of sp³-hybridized carbons (Fsp3) is 0.700. The Labute approximate surface area is 172 Å². The highest BCUT2D eigenvalue weighted by atomic mass is 32.2. The Morgan fingerprint density at radius 2 is 2.07 bits per heavy atom. The molecule has 2 atom stereocenters. The lowest BCUT2D eigenvalue weighted by molar-refractivity contribution is -0.109. The molecule has 1 aromatic heterocycles. The van der Waals surface area contributed by atoms with Crippen LogP contribution in [-0.4, -0.2) is 63.9 Å². The van der Waals surface area contributed by atoms with Crippen LogP contribution in [0.1, 0.15) is 50.0 Å². The number of aromatic nitrogens is 1. The van der Waals surface area contributed by atoms with Gasteiger partial charge in [-0.1, -0.05) is 0 Å². The number of pyridine rings is 1. The summed E-state index contributed by atoms with van der Waals surface area (Å²) < 4.78 is 37.6. The van der Waals surface area contributed by atoms with Crippen molar-refractivity contribution in [3.05, 3.63) is 24.0 Å².